The zero-order valence-corrected chi connectivity index (χ0v) is 4.35. The molecule has 0 spiro atoms. The van der Waals surface area contributed by atoms with Gasteiger partial charge in [0.05, 0.1) is 6.42 Å². The van der Waals surface area contributed by atoms with Crippen molar-refractivity contribution in [2.75, 3.05) is 6.54 Å². The summed E-state index contributed by atoms with van der Waals surface area (Å²) in [7, 11) is 0. The first-order valence-corrected chi connectivity index (χ1v) is 2.49. The number of hydroxylamine groups is 2. The van der Waals surface area contributed by atoms with Crippen molar-refractivity contribution >= 4 is 5.84 Å². The highest BCUT2D eigenvalue weighted by atomic mass is 16.5. The molecule has 1 heterocycles. The molecule has 0 amide bonds. The minimum atomic E-state index is -0.574. The number of amidine groups is 1. The largest absolute Gasteiger partial charge is 0.628 e. The minimum Gasteiger partial charge on any atom is -0.628 e. The summed E-state index contributed by atoms with van der Waals surface area (Å²) < 4.78 is 0. The molecule has 0 aliphatic carbocycles. The van der Waals surface area contributed by atoms with Gasteiger partial charge in [0.1, 0.15) is 12.6 Å². The van der Waals surface area contributed by atoms with Crippen LogP contribution in [0.4, 0.5) is 0 Å². The van der Waals surface area contributed by atoms with Crippen molar-refractivity contribution in [3.05, 3.63) is 5.21 Å². The topological polar surface area (TPSA) is 71.6 Å². The predicted molar refractivity (Wildman–Crippen MR) is 27.5 cm³/mol. The van der Waals surface area contributed by atoms with Gasteiger partial charge in [-0.1, -0.05) is 0 Å². The molecule has 0 bridgehead atoms. The first-order valence-electron chi connectivity index (χ1n) is 2.49. The lowest BCUT2D eigenvalue weighted by molar-refractivity contribution is -0.743. The fourth-order valence-corrected chi connectivity index (χ4v) is 0.759. The molecule has 1 rings (SSSR count). The van der Waals surface area contributed by atoms with Crippen molar-refractivity contribution in [1.82, 2.24) is 0 Å². The molecule has 1 aliphatic rings. The van der Waals surface area contributed by atoms with E-state index in [0.29, 0.717) is 0 Å². The quantitative estimate of drug-likeness (QED) is 0.324. The molecule has 3 N–H and O–H groups in total. The van der Waals surface area contributed by atoms with Crippen LogP contribution in [0.3, 0.4) is 0 Å². The Morgan fingerprint density at radius 3 is 2.62 bits per heavy atom. The summed E-state index contributed by atoms with van der Waals surface area (Å²) in [6.45, 7) is 0.152. The molecule has 4 heteroatoms. The van der Waals surface area contributed by atoms with Gasteiger partial charge in [-0.05, 0) is 0 Å². The molecule has 1 fully saturated rings. The third kappa shape index (κ3) is 0.861. The summed E-state index contributed by atoms with van der Waals surface area (Å²) in [5.41, 5.74) is 0. The predicted octanol–water partition coefficient (Wildman–Crippen LogP) is -1.89. The number of quaternary nitrogens is 1. The van der Waals surface area contributed by atoms with E-state index >= 15 is 0 Å². The maximum absolute atomic E-state index is 10.4. The Labute approximate surface area is 46.8 Å². The zero-order valence-electron chi connectivity index (χ0n) is 4.35. The van der Waals surface area contributed by atoms with Crippen LogP contribution in [0.5, 0.6) is 0 Å². The van der Waals surface area contributed by atoms with Gasteiger partial charge >= 0.3 is 0 Å². The molecule has 0 aromatic heterocycles. The van der Waals surface area contributed by atoms with Crippen LogP contribution < -0.4 is 5.06 Å². The Hall–Kier alpha value is -0.450. The molecule has 4 nitrogen and oxygen atoms in total. The van der Waals surface area contributed by atoms with E-state index in [9.17, 15) is 5.21 Å². The van der Waals surface area contributed by atoms with Crippen molar-refractivity contribution in [2.45, 2.75) is 12.5 Å². The van der Waals surface area contributed by atoms with Crippen LogP contribution in [-0.2, 0) is 0 Å². The Balaban J connectivity index is 2.51. The van der Waals surface area contributed by atoms with Crippen molar-refractivity contribution in [3.8, 4) is 0 Å². The molecule has 2 atom stereocenters. The van der Waals surface area contributed by atoms with Crippen molar-refractivity contribution in [2.24, 2.45) is 0 Å². The summed E-state index contributed by atoms with van der Waals surface area (Å²) in [6, 6.07) is 0. The Bertz CT molecular complexity index is 115. The average molecular weight is 116 g/mol. The molecule has 1 saturated heterocycles. The molecular formula is C4H8N2O2. The monoisotopic (exact) mass is 116 g/mol. The Morgan fingerprint density at radius 2 is 2.50 bits per heavy atom. The van der Waals surface area contributed by atoms with Gasteiger partial charge in [-0.25, -0.2) is 0 Å². The molecule has 8 heavy (non-hydrogen) atoms. The second-order valence-corrected chi connectivity index (χ2v) is 1.96. The number of aliphatic hydroxyl groups is 1. The molecule has 1 aliphatic heterocycles. The first-order chi connectivity index (χ1) is 3.70. The fraction of sp³-hybridized carbons (Fsp3) is 0.750. The molecule has 0 saturated carbocycles. The van der Waals surface area contributed by atoms with E-state index in [-0.39, 0.29) is 23.9 Å². The van der Waals surface area contributed by atoms with E-state index in [1.165, 1.54) is 0 Å². The molecular weight excluding hydrogens is 108 g/mol. The van der Waals surface area contributed by atoms with Crippen LogP contribution in [0.2, 0.25) is 0 Å². The van der Waals surface area contributed by atoms with Crippen molar-refractivity contribution in [3.63, 3.8) is 0 Å². The van der Waals surface area contributed by atoms with Gasteiger partial charge in [0.15, 0.2) is 5.84 Å². The number of hydrogen-bond donors (Lipinski definition) is 3. The Morgan fingerprint density at radius 1 is 1.88 bits per heavy atom. The first kappa shape index (κ1) is 5.68. The standard InChI is InChI=1S/C4H8N2O2/c5-4-1-3(7)2-6(4)8/h3,5-7H,1-2H2. The normalized spacial score (nSPS) is 38.5. The zero-order chi connectivity index (χ0) is 6.15. The third-order valence-corrected chi connectivity index (χ3v) is 1.20. The van der Waals surface area contributed by atoms with Gasteiger partial charge in [0.2, 0.25) is 0 Å². The number of hydrogen-bond acceptors (Lipinski definition) is 3. The molecule has 0 aromatic carbocycles. The molecule has 46 valence electrons. The summed E-state index contributed by atoms with van der Waals surface area (Å²) in [4.78, 5) is 0. The summed E-state index contributed by atoms with van der Waals surface area (Å²) in [5.74, 6) is 0.0671. The van der Waals surface area contributed by atoms with E-state index in [4.69, 9.17) is 10.5 Å². The van der Waals surface area contributed by atoms with Crippen LogP contribution in [0.1, 0.15) is 6.42 Å². The number of rotatable bonds is 0. The highest BCUT2D eigenvalue weighted by molar-refractivity contribution is 5.72. The molecule has 2 unspecified atom stereocenters. The second-order valence-electron chi connectivity index (χ2n) is 1.96. The van der Waals surface area contributed by atoms with E-state index in [1.807, 2.05) is 0 Å². The lowest BCUT2D eigenvalue weighted by Gasteiger charge is -2.12. The van der Waals surface area contributed by atoms with Crippen LogP contribution in [0.25, 0.3) is 0 Å². The SMILES string of the molecule is N=C1CC(O)C[NH+]1[O-]. The lowest BCUT2D eigenvalue weighted by atomic mass is 10.3. The van der Waals surface area contributed by atoms with Crippen molar-refractivity contribution < 1.29 is 10.2 Å². The highest BCUT2D eigenvalue weighted by Gasteiger charge is 2.24. The van der Waals surface area contributed by atoms with Crippen LogP contribution in [0.15, 0.2) is 0 Å². The smallest absolute Gasteiger partial charge is 0.196 e. The van der Waals surface area contributed by atoms with Crippen molar-refractivity contribution in [1.29, 1.82) is 5.41 Å². The lowest BCUT2D eigenvalue weighted by Crippen LogP contribution is -3.07. The van der Waals surface area contributed by atoms with E-state index in [2.05, 4.69) is 0 Å². The number of aliphatic hydroxyl groups excluding tert-OH is 1. The van der Waals surface area contributed by atoms with E-state index in [0.717, 1.165) is 0 Å². The highest BCUT2D eigenvalue weighted by Crippen LogP contribution is 1.91. The minimum absolute atomic E-state index is 0.0671. The second kappa shape index (κ2) is 1.81. The van der Waals surface area contributed by atoms with E-state index in [1.54, 1.807) is 0 Å². The maximum Gasteiger partial charge on any atom is 0.196 e. The summed E-state index contributed by atoms with van der Waals surface area (Å²) in [6.07, 6.45) is -0.325. The number of nitrogens with one attached hydrogen (secondary N) is 2. The van der Waals surface area contributed by atoms with Gasteiger partial charge in [0.25, 0.3) is 0 Å². The van der Waals surface area contributed by atoms with Gasteiger partial charge in [-0.15, -0.1) is 0 Å². The summed E-state index contributed by atoms with van der Waals surface area (Å²) in [5, 5.41) is 25.8. The van der Waals surface area contributed by atoms with Gasteiger partial charge in [-0.2, -0.15) is 0 Å². The van der Waals surface area contributed by atoms with Crippen LogP contribution in [-0.4, -0.2) is 23.6 Å². The van der Waals surface area contributed by atoms with Gasteiger partial charge in [-0.3, -0.25) is 5.41 Å². The Kier molecular flexibility index (Phi) is 1.29. The van der Waals surface area contributed by atoms with Crippen LogP contribution >= 0.6 is 0 Å². The van der Waals surface area contributed by atoms with Crippen LogP contribution in [0, 0.1) is 10.6 Å². The van der Waals surface area contributed by atoms with Gasteiger partial charge in [0, 0.05) is 0 Å². The van der Waals surface area contributed by atoms with Gasteiger partial charge < -0.3 is 15.4 Å². The maximum atomic E-state index is 10.4. The molecule has 0 radical (unpaired) electrons. The third-order valence-electron chi connectivity index (χ3n) is 1.20. The van der Waals surface area contributed by atoms with E-state index < -0.39 is 6.10 Å². The summed E-state index contributed by atoms with van der Waals surface area (Å²) >= 11 is 0. The fourth-order valence-electron chi connectivity index (χ4n) is 0.759. The molecule has 0 aromatic rings. The average Bonchev–Trinajstić information content (AvgIpc) is 1.85.